The van der Waals surface area contributed by atoms with Crippen LogP contribution >= 0.6 is 23.1 Å². The summed E-state index contributed by atoms with van der Waals surface area (Å²) in [5.41, 5.74) is 1.32. The normalized spacial score (nSPS) is 13.2. The minimum Gasteiger partial charge on any atom is -0.494 e. The molecule has 3 aromatic rings. The molecule has 0 N–H and O–H groups in total. The highest BCUT2D eigenvalue weighted by molar-refractivity contribution is 7.99. The smallest absolute Gasteiger partial charge is 0.263 e. The first-order valence-electron chi connectivity index (χ1n) is 9.62. The highest BCUT2D eigenvalue weighted by Gasteiger charge is 2.23. The largest absolute Gasteiger partial charge is 0.494 e. The lowest BCUT2D eigenvalue weighted by Gasteiger charge is -2.12. The molecule has 28 heavy (non-hydrogen) atoms. The van der Waals surface area contributed by atoms with Crippen molar-refractivity contribution in [1.29, 1.82) is 0 Å². The molecule has 0 saturated heterocycles. The van der Waals surface area contributed by atoms with Gasteiger partial charge in [0.25, 0.3) is 5.56 Å². The third-order valence-corrected chi connectivity index (χ3v) is 7.09. The van der Waals surface area contributed by atoms with E-state index in [0.717, 1.165) is 52.6 Å². The fourth-order valence-corrected chi connectivity index (χ4v) is 5.72. The third kappa shape index (κ3) is 4.11. The Bertz CT molecular complexity index is 998. The number of rotatable bonds is 9. The molecule has 0 radical (unpaired) electrons. The first-order chi connectivity index (χ1) is 13.8. The fraction of sp³-hybridized carbons (Fsp3) is 0.429. The van der Waals surface area contributed by atoms with Crippen molar-refractivity contribution in [3.05, 3.63) is 51.1 Å². The van der Waals surface area contributed by atoms with Crippen molar-refractivity contribution in [2.24, 2.45) is 0 Å². The molecule has 5 nitrogen and oxygen atoms in total. The van der Waals surface area contributed by atoms with Crippen LogP contribution in [0.3, 0.4) is 0 Å². The molecule has 0 unspecified atom stereocenters. The van der Waals surface area contributed by atoms with Crippen molar-refractivity contribution in [3.8, 4) is 5.75 Å². The summed E-state index contributed by atoms with van der Waals surface area (Å²) in [5.74, 6) is 1.74. The Morgan fingerprint density at radius 1 is 1.21 bits per heavy atom. The van der Waals surface area contributed by atoms with Gasteiger partial charge in [0.15, 0.2) is 5.16 Å². The number of thioether (sulfide) groups is 1. The zero-order valence-corrected chi connectivity index (χ0v) is 17.6. The molecule has 1 aliphatic carbocycles. The molecule has 0 saturated carbocycles. The van der Waals surface area contributed by atoms with Gasteiger partial charge in [-0.25, -0.2) is 4.98 Å². The Labute approximate surface area is 172 Å². The molecule has 148 valence electrons. The number of benzene rings is 1. The van der Waals surface area contributed by atoms with Crippen LogP contribution in [0.2, 0.25) is 0 Å². The van der Waals surface area contributed by atoms with E-state index in [2.05, 4.69) is 0 Å². The summed E-state index contributed by atoms with van der Waals surface area (Å²) in [6.07, 6.45) is 4.11. The van der Waals surface area contributed by atoms with Crippen molar-refractivity contribution in [2.45, 2.75) is 37.4 Å². The van der Waals surface area contributed by atoms with Gasteiger partial charge in [0.1, 0.15) is 10.6 Å². The number of nitrogens with zero attached hydrogens (tertiary/aromatic N) is 2. The number of aromatic nitrogens is 2. The Balaban J connectivity index is 1.48. The van der Waals surface area contributed by atoms with Gasteiger partial charge in [-0.15, -0.1) is 11.3 Å². The summed E-state index contributed by atoms with van der Waals surface area (Å²) < 4.78 is 12.8. The molecule has 2 heterocycles. The number of thiophene rings is 1. The molecular formula is C21H24N2O3S2. The highest BCUT2D eigenvalue weighted by atomic mass is 32.2. The summed E-state index contributed by atoms with van der Waals surface area (Å²) in [6, 6.07) is 9.83. The average Bonchev–Trinajstić information content (AvgIpc) is 3.29. The lowest BCUT2D eigenvalue weighted by atomic mass is 10.2. The van der Waals surface area contributed by atoms with Crippen molar-refractivity contribution in [1.82, 2.24) is 9.55 Å². The highest BCUT2D eigenvalue weighted by Crippen LogP contribution is 2.35. The van der Waals surface area contributed by atoms with Crippen LogP contribution in [0.4, 0.5) is 0 Å². The molecule has 0 atom stereocenters. The van der Waals surface area contributed by atoms with Gasteiger partial charge in [-0.1, -0.05) is 30.0 Å². The fourth-order valence-electron chi connectivity index (χ4n) is 3.48. The number of aryl methyl sites for hydroxylation is 2. The number of fused-ring (bicyclic) bond motifs is 3. The number of hydrogen-bond acceptors (Lipinski definition) is 6. The van der Waals surface area contributed by atoms with Crippen molar-refractivity contribution in [2.75, 3.05) is 26.1 Å². The predicted octanol–water partition coefficient (Wildman–Crippen LogP) is 4.15. The molecule has 0 amide bonds. The Kier molecular flexibility index (Phi) is 6.34. The maximum absolute atomic E-state index is 13.2. The molecule has 1 aromatic carbocycles. The maximum atomic E-state index is 13.2. The monoisotopic (exact) mass is 416 g/mol. The topological polar surface area (TPSA) is 53.4 Å². The molecule has 1 aliphatic rings. The molecule has 0 aliphatic heterocycles. The second kappa shape index (κ2) is 9.11. The zero-order chi connectivity index (χ0) is 19.3. The number of para-hydroxylation sites is 1. The van der Waals surface area contributed by atoms with E-state index in [1.807, 2.05) is 30.3 Å². The van der Waals surface area contributed by atoms with Gasteiger partial charge >= 0.3 is 0 Å². The minimum absolute atomic E-state index is 0.0875. The van der Waals surface area contributed by atoms with Crippen LogP contribution in [0.25, 0.3) is 10.2 Å². The summed E-state index contributed by atoms with van der Waals surface area (Å²) >= 11 is 3.32. The molecule has 0 spiro atoms. The standard InChI is InChI=1S/C21H24N2O3S2/c1-25-13-11-23-20(24)18-16-9-5-10-17(16)28-19(18)22-21(23)27-14-6-12-26-15-7-3-2-4-8-15/h2-4,7-8H,5-6,9-14H2,1H3. The summed E-state index contributed by atoms with van der Waals surface area (Å²) in [6.45, 7) is 1.69. The zero-order valence-electron chi connectivity index (χ0n) is 16.0. The van der Waals surface area contributed by atoms with E-state index in [1.54, 1.807) is 34.8 Å². The van der Waals surface area contributed by atoms with Gasteiger partial charge in [0.2, 0.25) is 0 Å². The molecule has 4 rings (SSSR count). The van der Waals surface area contributed by atoms with Crippen LogP contribution in [0.15, 0.2) is 40.3 Å². The summed E-state index contributed by atoms with van der Waals surface area (Å²) in [4.78, 5) is 20.3. The maximum Gasteiger partial charge on any atom is 0.263 e. The summed E-state index contributed by atoms with van der Waals surface area (Å²) in [5, 5.41) is 1.62. The Hall–Kier alpha value is -1.83. The predicted molar refractivity (Wildman–Crippen MR) is 115 cm³/mol. The summed E-state index contributed by atoms with van der Waals surface area (Å²) in [7, 11) is 1.66. The van der Waals surface area contributed by atoms with Crippen LogP contribution < -0.4 is 10.3 Å². The van der Waals surface area contributed by atoms with Crippen LogP contribution in [-0.4, -0.2) is 35.6 Å². The first kappa shape index (κ1) is 19.5. The van der Waals surface area contributed by atoms with E-state index < -0.39 is 0 Å². The van der Waals surface area contributed by atoms with Crippen molar-refractivity contribution < 1.29 is 9.47 Å². The van der Waals surface area contributed by atoms with Crippen molar-refractivity contribution >= 4 is 33.3 Å². The van der Waals surface area contributed by atoms with Crippen LogP contribution in [-0.2, 0) is 24.1 Å². The van der Waals surface area contributed by atoms with Gasteiger partial charge in [0.05, 0.1) is 25.1 Å². The molecule has 0 fully saturated rings. The Morgan fingerprint density at radius 3 is 2.89 bits per heavy atom. The number of hydrogen-bond donors (Lipinski definition) is 0. The van der Waals surface area contributed by atoms with E-state index >= 15 is 0 Å². The van der Waals surface area contributed by atoms with Gasteiger partial charge in [-0.3, -0.25) is 9.36 Å². The van der Waals surface area contributed by atoms with Crippen LogP contribution in [0.5, 0.6) is 5.75 Å². The SMILES string of the molecule is COCCn1c(SCCCOc2ccccc2)nc2sc3c(c2c1=O)CCC3. The van der Waals surface area contributed by atoms with E-state index in [4.69, 9.17) is 14.5 Å². The van der Waals surface area contributed by atoms with Crippen LogP contribution in [0.1, 0.15) is 23.3 Å². The van der Waals surface area contributed by atoms with E-state index in [0.29, 0.717) is 19.8 Å². The molecule has 2 aromatic heterocycles. The Morgan fingerprint density at radius 2 is 2.07 bits per heavy atom. The van der Waals surface area contributed by atoms with Gasteiger partial charge in [0, 0.05) is 17.7 Å². The lowest BCUT2D eigenvalue weighted by molar-refractivity contribution is 0.183. The van der Waals surface area contributed by atoms with Crippen molar-refractivity contribution in [3.63, 3.8) is 0 Å². The lowest BCUT2D eigenvalue weighted by Crippen LogP contribution is -2.25. The second-order valence-electron chi connectivity index (χ2n) is 6.74. The minimum atomic E-state index is 0.0875. The van der Waals surface area contributed by atoms with E-state index in [-0.39, 0.29) is 5.56 Å². The molecule has 7 heteroatoms. The average molecular weight is 417 g/mol. The number of ether oxygens (including phenoxy) is 2. The van der Waals surface area contributed by atoms with E-state index in [9.17, 15) is 4.79 Å². The van der Waals surface area contributed by atoms with Gasteiger partial charge in [-0.05, 0) is 43.4 Å². The second-order valence-corrected chi connectivity index (χ2v) is 8.89. The molecule has 0 bridgehead atoms. The van der Waals surface area contributed by atoms with Gasteiger partial charge < -0.3 is 9.47 Å². The van der Waals surface area contributed by atoms with Gasteiger partial charge in [-0.2, -0.15) is 0 Å². The quantitative estimate of drug-likeness (QED) is 0.298. The number of methoxy groups -OCH3 is 1. The van der Waals surface area contributed by atoms with E-state index in [1.165, 1.54) is 10.4 Å². The molecular weight excluding hydrogens is 392 g/mol. The third-order valence-electron chi connectivity index (χ3n) is 4.84. The van der Waals surface area contributed by atoms with Crippen LogP contribution in [0, 0.1) is 0 Å². The first-order valence-corrected chi connectivity index (χ1v) is 11.4.